The van der Waals surface area contributed by atoms with E-state index in [4.69, 9.17) is 4.74 Å². The van der Waals surface area contributed by atoms with E-state index in [2.05, 4.69) is 27.1 Å². The third-order valence-corrected chi connectivity index (χ3v) is 4.52. The molecule has 0 amide bonds. The average Bonchev–Trinajstić information content (AvgIpc) is 2.76. The molecule has 0 atom stereocenters. The Balaban J connectivity index is 1.69. The molecule has 0 saturated carbocycles. The molecule has 0 aliphatic rings. The van der Waals surface area contributed by atoms with E-state index in [9.17, 15) is 4.79 Å². The van der Waals surface area contributed by atoms with Crippen LogP contribution < -0.4 is 15.6 Å². The van der Waals surface area contributed by atoms with E-state index in [-0.39, 0.29) is 5.56 Å². The molecule has 0 spiro atoms. The molecule has 4 aromatic rings. The third kappa shape index (κ3) is 4.12. The Morgan fingerprint density at radius 3 is 2.62 bits per heavy atom. The van der Waals surface area contributed by atoms with Crippen molar-refractivity contribution < 1.29 is 4.74 Å². The lowest BCUT2D eigenvalue weighted by Gasteiger charge is -2.10. The standard InChI is InChI=1S/C24H19N3O2/c1-29-20-12-10-19(11-13-20)27-23-22-21(14-15-25-24(22)28)18(16-26-23)9-5-8-17-6-3-2-4-7-17/h2-4,6-7,10-16H,8H2,1H3,(H,25,28)(H,26,27). The summed E-state index contributed by atoms with van der Waals surface area (Å²) in [4.78, 5) is 19.7. The Kier molecular flexibility index (Phi) is 5.26. The van der Waals surface area contributed by atoms with Gasteiger partial charge in [0.25, 0.3) is 5.56 Å². The Labute approximate surface area is 168 Å². The molecule has 0 unspecified atom stereocenters. The number of anilines is 2. The summed E-state index contributed by atoms with van der Waals surface area (Å²) in [5, 5.41) is 4.46. The lowest BCUT2D eigenvalue weighted by atomic mass is 10.1. The molecule has 2 aromatic heterocycles. The molecule has 4 rings (SSSR count). The van der Waals surface area contributed by atoms with E-state index in [0.29, 0.717) is 17.6 Å². The van der Waals surface area contributed by atoms with Crippen LogP contribution in [0.25, 0.3) is 10.8 Å². The highest BCUT2D eigenvalue weighted by Gasteiger charge is 2.10. The number of pyridine rings is 2. The molecule has 0 radical (unpaired) electrons. The Morgan fingerprint density at radius 2 is 1.86 bits per heavy atom. The van der Waals surface area contributed by atoms with Crippen LogP contribution in [0.2, 0.25) is 0 Å². The van der Waals surface area contributed by atoms with Gasteiger partial charge in [0, 0.05) is 29.9 Å². The summed E-state index contributed by atoms with van der Waals surface area (Å²) in [5.41, 5.74) is 2.47. The molecule has 0 bridgehead atoms. The van der Waals surface area contributed by atoms with Gasteiger partial charge >= 0.3 is 0 Å². The van der Waals surface area contributed by atoms with Crippen molar-refractivity contribution in [2.45, 2.75) is 6.42 Å². The Morgan fingerprint density at radius 1 is 1.07 bits per heavy atom. The molecule has 5 heteroatoms. The van der Waals surface area contributed by atoms with Crippen LogP contribution in [0.3, 0.4) is 0 Å². The first-order chi connectivity index (χ1) is 14.2. The van der Waals surface area contributed by atoms with Gasteiger partial charge in [-0.2, -0.15) is 0 Å². The van der Waals surface area contributed by atoms with Crippen LogP contribution in [-0.4, -0.2) is 17.1 Å². The number of nitrogens with zero attached hydrogens (tertiary/aromatic N) is 1. The summed E-state index contributed by atoms with van der Waals surface area (Å²) in [7, 11) is 1.62. The Hall–Kier alpha value is -4.04. The van der Waals surface area contributed by atoms with E-state index >= 15 is 0 Å². The lowest BCUT2D eigenvalue weighted by molar-refractivity contribution is 0.415. The second kappa shape index (κ2) is 8.32. The first-order valence-electron chi connectivity index (χ1n) is 9.19. The maximum Gasteiger partial charge on any atom is 0.259 e. The summed E-state index contributed by atoms with van der Waals surface area (Å²) in [6.45, 7) is 0. The fraction of sp³-hybridized carbons (Fsp3) is 0.0833. The first kappa shape index (κ1) is 18.3. The van der Waals surface area contributed by atoms with Gasteiger partial charge in [-0.1, -0.05) is 42.2 Å². The van der Waals surface area contributed by atoms with Gasteiger partial charge in [-0.15, -0.1) is 0 Å². The number of methoxy groups -OCH3 is 1. The van der Waals surface area contributed by atoms with Crippen LogP contribution in [0, 0.1) is 11.8 Å². The van der Waals surface area contributed by atoms with Crippen molar-refractivity contribution in [3.8, 4) is 17.6 Å². The summed E-state index contributed by atoms with van der Waals surface area (Å²) in [6.07, 6.45) is 3.97. The molecular formula is C24H19N3O2. The van der Waals surface area contributed by atoms with Crippen molar-refractivity contribution in [1.82, 2.24) is 9.97 Å². The largest absolute Gasteiger partial charge is 0.497 e. The van der Waals surface area contributed by atoms with Gasteiger partial charge in [0.05, 0.1) is 18.1 Å². The van der Waals surface area contributed by atoms with Crippen molar-refractivity contribution in [2.75, 3.05) is 12.4 Å². The predicted molar refractivity (Wildman–Crippen MR) is 116 cm³/mol. The number of benzene rings is 2. The number of aromatic amines is 1. The molecule has 2 aromatic carbocycles. The molecule has 142 valence electrons. The summed E-state index contributed by atoms with van der Waals surface area (Å²) >= 11 is 0. The number of nitrogens with one attached hydrogen (secondary N) is 2. The van der Waals surface area contributed by atoms with Crippen molar-refractivity contribution in [3.05, 3.63) is 94.5 Å². The van der Waals surface area contributed by atoms with Crippen molar-refractivity contribution in [1.29, 1.82) is 0 Å². The molecule has 2 heterocycles. The molecular weight excluding hydrogens is 362 g/mol. The van der Waals surface area contributed by atoms with Gasteiger partial charge in [0.2, 0.25) is 0 Å². The number of rotatable bonds is 4. The summed E-state index contributed by atoms with van der Waals surface area (Å²) in [6, 6.07) is 19.3. The monoisotopic (exact) mass is 381 g/mol. The minimum Gasteiger partial charge on any atom is -0.497 e. The normalized spacial score (nSPS) is 10.2. The van der Waals surface area contributed by atoms with Crippen molar-refractivity contribution in [3.63, 3.8) is 0 Å². The quantitative estimate of drug-likeness (QED) is 0.518. The van der Waals surface area contributed by atoms with E-state index < -0.39 is 0 Å². The maximum atomic E-state index is 12.5. The fourth-order valence-corrected chi connectivity index (χ4v) is 3.04. The third-order valence-electron chi connectivity index (χ3n) is 4.52. The topological polar surface area (TPSA) is 67.0 Å². The van der Waals surface area contributed by atoms with E-state index in [1.807, 2.05) is 60.7 Å². The molecule has 0 saturated heterocycles. The van der Waals surface area contributed by atoms with Gasteiger partial charge in [0.1, 0.15) is 11.6 Å². The van der Waals surface area contributed by atoms with Gasteiger partial charge in [-0.25, -0.2) is 4.98 Å². The van der Waals surface area contributed by atoms with Gasteiger partial charge in [0.15, 0.2) is 0 Å². The van der Waals surface area contributed by atoms with Crippen LogP contribution in [0.15, 0.2) is 77.9 Å². The number of ether oxygens (including phenoxy) is 1. The molecule has 0 aliphatic heterocycles. The Bertz CT molecular complexity index is 1250. The average molecular weight is 381 g/mol. The van der Waals surface area contributed by atoms with Crippen LogP contribution in [0.5, 0.6) is 5.75 Å². The first-order valence-corrected chi connectivity index (χ1v) is 9.19. The van der Waals surface area contributed by atoms with Crippen molar-refractivity contribution >= 4 is 22.3 Å². The van der Waals surface area contributed by atoms with Gasteiger partial charge in [-0.05, 0) is 35.9 Å². The summed E-state index contributed by atoms with van der Waals surface area (Å²) < 4.78 is 5.18. The van der Waals surface area contributed by atoms with Crippen LogP contribution >= 0.6 is 0 Å². The number of hydrogen-bond donors (Lipinski definition) is 2. The molecule has 0 fully saturated rings. The number of hydrogen-bond acceptors (Lipinski definition) is 4. The maximum absolute atomic E-state index is 12.5. The van der Waals surface area contributed by atoms with Crippen molar-refractivity contribution in [2.24, 2.45) is 0 Å². The molecule has 2 N–H and O–H groups in total. The highest BCUT2D eigenvalue weighted by atomic mass is 16.5. The smallest absolute Gasteiger partial charge is 0.259 e. The van der Waals surface area contributed by atoms with Crippen LogP contribution in [-0.2, 0) is 6.42 Å². The summed E-state index contributed by atoms with van der Waals surface area (Å²) in [5.74, 6) is 7.58. The predicted octanol–water partition coefficient (Wildman–Crippen LogP) is 4.27. The second-order valence-electron chi connectivity index (χ2n) is 6.43. The van der Waals surface area contributed by atoms with E-state index in [1.165, 1.54) is 0 Å². The zero-order valence-corrected chi connectivity index (χ0v) is 15.9. The van der Waals surface area contributed by atoms with E-state index in [1.54, 1.807) is 19.5 Å². The minimum atomic E-state index is -0.210. The highest BCUT2D eigenvalue weighted by Crippen LogP contribution is 2.25. The second-order valence-corrected chi connectivity index (χ2v) is 6.43. The van der Waals surface area contributed by atoms with Gasteiger partial charge < -0.3 is 15.0 Å². The number of fused-ring (bicyclic) bond motifs is 1. The number of aromatic nitrogens is 2. The zero-order valence-electron chi connectivity index (χ0n) is 15.9. The SMILES string of the molecule is COc1ccc(Nc2ncc(C#CCc3ccccc3)c3cc[nH]c(=O)c23)cc1. The number of H-pyrrole nitrogens is 1. The molecule has 5 nitrogen and oxygen atoms in total. The lowest BCUT2D eigenvalue weighted by Crippen LogP contribution is -2.09. The van der Waals surface area contributed by atoms with Crippen LogP contribution in [0.1, 0.15) is 11.1 Å². The minimum absolute atomic E-state index is 0.210. The fourth-order valence-electron chi connectivity index (χ4n) is 3.04. The molecule has 0 aliphatic carbocycles. The zero-order chi connectivity index (χ0) is 20.1. The van der Waals surface area contributed by atoms with Crippen LogP contribution in [0.4, 0.5) is 11.5 Å². The molecule has 29 heavy (non-hydrogen) atoms. The highest BCUT2D eigenvalue weighted by molar-refractivity contribution is 5.96. The van der Waals surface area contributed by atoms with Gasteiger partial charge in [-0.3, -0.25) is 4.79 Å². The van der Waals surface area contributed by atoms with E-state index in [0.717, 1.165) is 28.0 Å².